The summed E-state index contributed by atoms with van der Waals surface area (Å²) in [6.45, 7) is 7.29. The Balaban J connectivity index is 2.48. The molecule has 0 spiro atoms. The minimum atomic E-state index is 0.113. The molecule has 0 N–H and O–H groups in total. The van der Waals surface area contributed by atoms with E-state index in [1.807, 2.05) is 45.0 Å². The van der Waals surface area contributed by atoms with Crippen molar-refractivity contribution < 1.29 is 9.59 Å². The fraction of sp³-hybridized carbons (Fsp3) is 0.353. The van der Waals surface area contributed by atoms with E-state index in [4.69, 9.17) is 0 Å². The highest BCUT2D eigenvalue weighted by Gasteiger charge is 2.15. The molecule has 0 bridgehead atoms. The van der Waals surface area contributed by atoms with E-state index in [2.05, 4.69) is 5.10 Å². The molecule has 0 radical (unpaired) electrons. The van der Waals surface area contributed by atoms with Gasteiger partial charge in [0.05, 0.1) is 11.4 Å². The second kappa shape index (κ2) is 6.04. The van der Waals surface area contributed by atoms with Gasteiger partial charge in [0.15, 0.2) is 5.78 Å². The summed E-state index contributed by atoms with van der Waals surface area (Å²) in [6.07, 6.45) is 0.876. The number of hydrogen-bond acceptors (Lipinski definition) is 3. The number of benzene rings is 1. The van der Waals surface area contributed by atoms with Crippen molar-refractivity contribution in [2.45, 2.75) is 40.5 Å². The van der Waals surface area contributed by atoms with Crippen molar-refractivity contribution in [3.63, 3.8) is 0 Å². The van der Waals surface area contributed by atoms with Crippen LogP contribution in [0, 0.1) is 13.8 Å². The first kappa shape index (κ1) is 15.2. The fourth-order valence-corrected chi connectivity index (χ4v) is 2.45. The summed E-state index contributed by atoms with van der Waals surface area (Å²) >= 11 is 0. The maximum atomic E-state index is 11.8. The summed E-state index contributed by atoms with van der Waals surface area (Å²) in [7, 11) is 0. The predicted octanol–water partition coefficient (Wildman–Crippen LogP) is 3.21. The van der Waals surface area contributed by atoms with Crippen molar-refractivity contribution in [3.05, 3.63) is 46.8 Å². The number of aromatic nitrogens is 2. The third-order valence-corrected chi connectivity index (χ3v) is 3.60. The van der Waals surface area contributed by atoms with E-state index in [1.165, 1.54) is 0 Å². The number of rotatable bonds is 5. The monoisotopic (exact) mass is 284 g/mol. The molecule has 0 aliphatic rings. The molecule has 0 saturated carbocycles. The van der Waals surface area contributed by atoms with E-state index in [1.54, 1.807) is 11.6 Å². The molecule has 21 heavy (non-hydrogen) atoms. The zero-order valence-electron chi connectivity index (χ0n) is 12.9. The predicted molar refractivity (Wildman–Crippen MR) is 82.0 cm³/mol. The Morgan fingerprint density at radius 1 is 1.24 bits per heavy atom. The van der Waals surface area contributed by atoms with E-state index in [9.17, 15) is 9.59 Å². The zero-order chi connectivity index (χ0) is 15.6. The molecule has 2 rings (SSSR count). The first-order chi connectivity index (χ1) is 9.93. The van der Waals surface area contributed by atoms with E-state index in [0.717, 1.165) is 22.6 Å². The van der Waals surface area contributed by atoms with Crippen LogP contribution >= 0.6 is 0 Å². The van der Waals surface area contributed by atoms with Crippen LogP contribution in [0.5, 0.6) is 0 Å². The maximum absolute atomic E-state index is 11.8. The Kier molecular flexibility index (Phi) is 4.36. The van der Waals surface area contributed by atoms with Gasteiger partial charge in [0.25, 0.3) is 0 Å². The summed E-state index contributed by atoms with van der Waals surface area (Å²) in [5.74, 6) is 0.234. The number of carbonyl (C=O) groups excluding carboxylic acids is 2. The zero-order valence-corrected chi connectivity index (χ0v) is 12.9. The molecule has 4 heteroatoms. The minimum absolute atomic E-state index is 0.113. The number of hydrogen-bond donors (Lipinski definition) is 0. The van der Waals surface area contributed by atoms with Crippen LogP contribution in [0.15, 0.2) is 24.3 Å². The van der Waals surface area contributed by atoms with Crippen molar-refractivity contribution in [3.8, 4) is 5.69 Å². The molecule has 0 fully saturated rings. The SMILES string of the molecule is CCC(=O)c1cccc(-n2nc(C)c(CC(C)=O)c2C)c1. The second-order valence-corrected chi connectivity index (χ2v) is 5.27. The van der Waals surface area contributed by atoms with Gasteiger partial charge in [-0.15, -0.1) is 0 Å². The van der Waals surface area contributed by atoms with Crippen LogP contribution in [0.1, 0.15) is 47.6 Å². The number of Topliss-reactive ketones (excluding diaryl/α,β-unsaturated/α-hetero) is 2. The van der Waals surface area contributed by atoms with Crippen LogP contribution in [-0.2, 0) is 11.2 Å². The third-order valence-electron chi connectivity index (χ3n) is 3.60. The van der Waals surface area contributed by atoms with Gasteiger partial charge < -0.3 is 0 Å². The molecule has 0 atom stereocenters. The smallest absolute Gasteiger partial charge is 0.162 e. The van der Waals surface area contributed by atoms with E-state index >= 15 is 0 Å². The highest BCUT2D eigenvalue weighted by molar-refractivity contribution is 5.96. The van der Waals surface area contributed by atoms with Crippen molar-refractivity contribution in [2.24, 2.45) is 0 Å². The maximum Gasteiger partial charge on any atom is 0.162 e. The van der Waals surface area contributed by atoms with Gasteiger partial charge in [0, 0.05) is 29.7 Å². The van der Waals surface area contributed by atoms with Gasteiger partial charge in [0.2, 0.25) is 0 Å². The molecule has 0 amide bonds. The molecule has 0 saturated heterocycles. The lowest BCUT2D eigenvalue weighted by molar-refractivity contribution is -0.116. The Morgan fingerprint density at radius 3 is 2.57 bits per heavy atom. The lowest BCUT2D eigenvalue weighted by Crippen LogP contribution is -2.04. The van der Waals surface area contributed by atoms with E-state index in [-0.39, 0.29) is 11.6 Å². The van der Waals surface area contributed by atoms with Crippen molar-refractivity contribution in [1.29, 1.82) is 0 Å². The highest BCUT2D eigenvalue weighted by Crippen LogP contribution is 2.20. The normalized spacial score (nSPS) is 10.7. The lowest BCUT2D eigenvalue weighted by atomic mass is 10.1. The molecule has 2 aromatic rings. The summed E-state index contributed by atoms with van der Waals surface area (Å²) in [4.78, 5) is 23.2. The number of carbonyl (C=O) groups is 2. The van der Waals surface area contributed by atoms with Gasteiger partial charge in [-0.3, -0.25) is 9.59 Å². The van der Waals surface area contributed by atoms with Crippen LogP contribution < -0.4 is 0 Å². The number of ketones is 2. The minimum Gasteiger partial charge on any atom is -0.300 e. The van der Waals surface area contributed by atoms with Gasteiger partial charge >= 0.3 is 0 Å². The van der Waals surface area contributed by atoms with E-state index in [0.29, 0.717) is 18.4 Å². The van der Waals surface area contributed by atoms with Gasteiger partial charge in [-0.05, 0) is 32.9 Å². The Hall–Kier alpha value is -2.23. The van der Waals surface area contributed by atoms with Crippen LogP contribution in [0.3, 0.4) is 0 Å². The molecule has 0 unspecified atom stereocenters. The summed E-state index contributed by atoms with van der Waals surface area (Å²) in [5.41, 5.74) is 4.31. The molecular weight excluding hydrogens is 264 g/mol. The quantitative estimate of drug-likeness (QED) is 0.792. The summed E-state index contributed by atoms with van der Waals surface area (Å²) in [6, 6.07) is 7.45. The van der Waals surface area contributed by atoms with Crippen LogP contribution in [0.2, 0.25) is 0 Å². The van der Waals surface area contributed by atoms with Gasteiger partial charge in [-0.25, -0.2) is 4.68 Å². The largest absolute Gasteiger partial charge is 0.300 e. The molecule has 0 aliphatic heterocycles. The Bertz CT molecular complexity index is 699. The molecule has 1 aromatic carbocycles. The summed E-state index contributed by atoms with van der Waals surface area (Å²) in [5, 5.41) is 4.51. The van der Waals surface area contributed by atoms with Gasteiger partial charge in [-0.2, -0.15) is 5.10 Å². The number of aryl methyl sites for hydroxylation is 1. The van der Waals surface area contributed by atoms with Crippen LogP contribution in [-0.4, -0.2) is 21.3 Å². The molecule has 0 aliphatic carbocycles. The second-order valence-electron chi connectivity index (χ2n) is 5.27. The first-order valence-corrected chi connectivity index (χ1v) is 7.12. The van der Waals surface area contributed by atoms with Gasteiger partial charge in [0.1, 0.15) is 5.78 Å². The molecule has 1 aromatic heterocycles. The van der Waals surface area contributed by atoms with Crippen LogP contribution in [0.4, 0.5) is 0 Å². The Morgan fingerprint density at radius 2 is 1.95 bits per heavy atom. The van der Waals surface area contributed by atoms with E-state index < -0.39 is 0 Å². The summed E-state index contributed by atoms with van der Waals surface area (Å²) < 4.78 is 1.81. The first-order valence-electron chi connectivity index (χ1n) is 7.12. The number of nitrogens with zero attached hydrogens (tertiary/aromatic N) is 2. The molecule has 110 valence electrons. The van der Waals surface area contributed by atoms with Crippen molar-refractivity contribution >= 4 is 11.6 Å². The molecular formula is C17H20N2O2. The Labute approximate surface area is 124 Å². The fourth-order valence-electron chi connectivity index (χ4n) is 2.45. The highest BCUT2D eigenvalue weighted by atomic mass is 16.1. The standard InChI is InChI=1S/C17H20N2O2/c1-5-17(21)14-7-6-8-15(10-14)19-13(4)16(9-11(2)20)12(3)18-19/h6-8,10H,5,9H2,1-4H3. The average Bonchev–Trinajstić information content (AvgIpc) is 2.74. The molecule has 1 heterocycles. The van der Waals surface area contributed by atoms with Crippen LogP contribution in [0.25, 0.3) is 5.69 Å². The topological polar surface area (TPSA) is 52.0 Å². The average molecular weight is 284 g/mol. The third kappa shape index (κ3) is 3.10. The van der Waals surface area contributed by atoms with Gasteiger partial charge in [-0.1, -0.05) is 19.1 Å². The van der Waals surface area contributed by atoms with Crippen molar-refractivity contribution in [2.75, 3.05) is 0 Å². The van der Waals surface area contributed by atoms with Crippen molar-refractivity contribution in [1.82, 2.24) is 9.78 Å². The molecule has 4 nitrogen and oxygen atoms in total. The lowest BCUT2D eigenvalue weighted by Gasteiger charge is -2.07.